The van der Waals surface area contributed by atoms with E-state index in [4.69, 9.17) is 4.74 Å². The van der Waals surface area contributed by atoms with Gasteiger partial charge in [-0.25, -0.2) is 0 Å². The van der Waals surface area contributed by atoms with E-state index in [-0.39, 0.29) is 40.8 Å². The van der Waals surface area contributed by atoms with Crippen LogP contribution in [-0.4, -0.2) is 27.2 Å². The lowest BCUT2D eigenvalue weighted by Crippen LogP contribution is -2.60. The number of hydrogen-bond acceptors (Lipinski definition) is 1. The van der Waals surface area contributed by atoms with Gasteiger partial charge in [-0.1, -0.05) is 165 Å². The van der Waals surface area contributed by atoms with Gasteiger partial charge in [0.2, 0.25) is 0 Å². The molecule has 0 radical (unpaired) electrons. The van der Waals surface area contributed by atoms with Crippen LogP contribution in [0.4, 0.5) is 0 Å². The quantitative estimate of drug-likeness (QED) is 0.139. The molecule has 0 bridgehead atoms. The third kappa shape index (κ3) is 5.57. The molecule has 0 unspecified atom stereocenters. The van der Waals surface area contributed by atoms with E-state index in [2.05, 4.69) is 239 Å². The number of benzene rings is 8. The Morgan fingerprint density at radius 2 is 0.851 bits per heavy atom. The molecule has 0 fully saturated rings. The van der Waals surface area contributed by atoms with Gasteiger partial charge in [0.05, 0.1) is 16.7 Å². The highest BCUT2D eigenvalue weighted by atomic mass is 16.5. The summed E-state index contributed by atoms with van der Waals surface area (Å²) in [6.07, 6.45) is 0. The average molecular weight is 962 g/mol. The first-order chi connectivity index (χ1) is 34.9. The van der Waals surface area contributed by atoms with E-state index in [1.165, 1.54) is 143 Å². The van der Waals surface area contributed by atoms with Gasteiger partial charge in [0, 0.05) is 82.1 Å². The minimum Gasteiger partial charge on any atom is -0.458 e. The molecule has 4 aliphatic heterocycles. The van der Waals surface area contributed by atoms with Gasteiger partial charge in [-0.15, -0.1) is 0 Å². The van der Waals surface area contributed by atoms with Crippen LogP contribution < -0.4 is 26.6 Å². The van der Waals surface area contributed by atoms with Crippen molar-refractivity contribution in [3.63, 3.8) is 0 Å². The van der Waals surface area contributed by atoms with Crippen LogP contribution in [0.1, 0.15) is 132 Å². The van der Waals surface area contributed by atoms with Gasteiger partial charge in [0.1, 0.15) is 11.5 Å². The fraction of sp³-hybridized carbons (Fsp3) is 0.294. The molecule has 0 amide bonds. The first-order valence-corrected chi connectivity index (χ1v) is 27.2. The zero-order valence-electron chi connectivity index (χ0n) is 46.0. The molecular formula is C68H65B2N3O. The summed E-state index contributed by atoms with van der Waals surface area (Å²) in [5.74, 6) is 1.95. The van der Waals surface area contributed by atoms with E-state index < -0.39 is 0 Å². The average Bonchev–Trinajstić information content (AvgIpc) is 3.97. The Labute approximate surface area is 436 Å². The Bertz CT molecular complexity index is 4420. The second-order valence-corrected chi connectivity index (χ2v) is 27.8. The summed E-state index contributed by atoms with van der Waals surface area (Å²) in [6.45, 7) is 35.1. The van der Waals surface area contributed by atoms with Gasteiger partial charge >= 0.3 is 13.7 Å². The van der Waals surface area contributed by atoms with Crippen LogP contribution in [-0.2, 0) is 27.1 Å². The van der Waals surface area contributed by atoms with E-state index in [1.54, 1.807) is 0 Å². The van der Waals surface area contributed by atoms with E-state index >= 15 is 0 Å². The Hall–Kier alpha value is -6.91. The van der Waals surface area contributed by atoms with Crippen molar-refractivity contribution < 1.29 is 4.74 Å². The van der Waals surface area contributed by atoms with Crippen LogP contribution in [0.25, 0.3) is 93.4 Å². The smallest absolute Gasteiger partial charge is 0.336 e. The van der Waals surface area contributed by atoms with Crippen LogP contribution >= 0.6 is 0 Å². The van der Waals surface area contributed by atoms with E-state index in [0.717, 1.165) is 11.5 Å². The first kappa shape index (κ1) is 44.6. The molecule has 0 saturated heterocycles. The molecule has 0 N–H and O–H groups in total. The second kappa shape index (κ2) is 13.7. The van der Waals surface area contributed by atoms with E-state index in [0.29, 0.717) is 0 Å². The summed E-state index contributed by atoms with van der Waals surface area (Å²) in [5.41, 5.74) is 25.6. The summed E-state index contributed by atoms with van der Waals surface area (Å²) in [7, 11) is 0. The molecule has 74 heavy (non-hydrogen) atoms. The van der Waals surface area contributed by atoms with E-state index in [9.17, 15) is 0 Å². The molecular weight excluding hydrogens is 896 g/mol. The SMILES string of the molecule is CC(C)(C)c1ccc2c(c1)B1c3c(c4c5c(c3-c3cc(C(C)(C)C)cc6c7cc(C(C)(C)C)ccc7n1c36)-n1c3ccccc3c3cccc(c31)B5n1c3ccc(C(C)(C)C)cc3c3cc(C(C)(C)C)cc-4c31)O2. The standard InChI is InChI=1S/C68H65B2N3O/c1-64(2,3)36-23-26-52-44(30-36)46-32-40(68(13,14)15)34-48-56-57-62(71-51-22-17-16-19-41(51)42-20-18-21-49(61(42)71)69(57)72(52)60(46)48)55-47-33-39(67(10,11)12)31-45-43-29-37(65(4,5)6)24-27-53(43)73(59(45)47)70-50-35-38(66(7,8)9)25-28-54(50)74-63(56)58(55)70/h16-35H,1-15H3. The van der Waals surface area contributed by atoms with Crippen molar-refractivity contribution in [1.82, 2.24) is 13.5 Å². The van der Waals surface area contributed by atoms with Crippen molar-refractivity contribution in [2.45, 2.75) is 131 Å². The number of para-hydroxylation sites is 2. The fourth-order valence-corrected chi connectivity index (χ4v) is 14.0. The molecule has 0 atom stereocenters. The topological polar surface area (TPSA) is 24.0 Å². The minimum absolute atomic E-state index is 0.0188. The van der Waals surface area contributed by atoms with Gasteiger partial charge in [-0.05, 0) is 132 Å². The zero-order valence-corrected chi connectivity index (χ0v) is 46.0. The van der Waals surface area contributed by atoms with Crippen LogP contribution in [0.5, 0.6) is 11.5 Å². The molecule has 7 heterocycles. The minimum atomic E-state index is -0.169. The second-order valence-electron chi connectivity index (χ2n) is 27.8. The molecule has 4 nitrogen and oxygen atoms in total. The summed E-state index contributed by atoms with van der Waals surface area (Å²) < 4.78 is 16.2. The maximum Gasteiger partial charge on any atom is 0.336 e. The van der Waals surface area contributed by atoms with Gasteiger partial charge < -0.3 is 18.3 Å². The number of aromatic nitrogens is 3. The van der Waals surface area contributed by atoms with Gasteiger partial charge in [0.25, 0.3) is 0 Å². The Morgan fingerprint density at radius 3 is 1.42 bits per heavy atom. The summed E-state index contributed by atoms with van der Waals surface area (Å²) in [6, 6.07) is 48.4. The highest BCUT2D eigenvalue weighted by Gasteiger charge is 2.51. The Balaban J connectivity index is 1.23. The summed E-state index contributed by atoms with van der Waals surface area (Å²) in [4.78, 5) is 0. The molecule has 4 aliphatic rings. The molecule has 3 aromatic heterocycles. The third-order valence-electron chi connectivity index (χ3n) is 18.0. The fourth-order valence-electron chi connectivity index (χ4n) is 14.0. The van der Waals surface area contributed by atoms with Crippen LogP contribution in [0.2, 0.25) is 0 Å². The predicted octanol–water partition coefficient (Wildman–Crippen LogP) is 15.2. The number of rotatable bonds is 0. The van der Waals surface area contributed by atoms with Gasteiger partial charge in [-0.3, -0.25) is 0 Å². The number of hydrogen-bond donors (Lipinski definition) is 0. The monoisotopic (exact) mass is 962 g/mol. The largest absolute Gasteiger partial charge is 0.458 e. The molecule has 15 rings (SSSR count). The normalized spacial score (nSPS) is 14.7. The number of fused-ring (bicyclic) bond motifs is 19. The molecule has 0 aliphatic carbocycles. The van der Waals surface area contributed by atoms with Gasteiger partial charge in [0.15, 0.2) is 0 Å². The first-order valence-electron chi connectivity index (χ1n) is 27.2. The van der Waals surface area contributed by atoms with Crippen molar-refractivity contribution in [2.24, 2.45) is 0 Å². The molecule has 8 aromatic carbocycles. The molecule has 0 saturated carbocycles. The number of ether oxygens (including phenoxy) is 1. The van der Waals surface area contributed by atoms with Crippen molar-refractivity contribution in [2.75, 3.05) is 0 Å². The lowest BCUT2D eigenvalue weighted by atomic mass is 9.41. The number of nitrogens with zero attached hydrogens (tertiary/aromatic N) is 3. The molecule has 0 spiro atoms. The molecule has 364 valence electrons. The zero-order chi connectivity index (χ0) is 51.4. The maximum atomic E-state index is 7.93. The van der Waals surface area contributed by atoms with Gasteiger partial charge in [-0.2, -0.15) is 0 Å². The lowest BCUT2D eigenvalue weighted by Gasteiger charge is -2.42. The van der Waals surface area contributed by atoms with Crippen molar-refractivity contribution in [3.05, 3.63) is 149 Å². The highest BCUT2D eigenvalue weighted by Crippen LogP contribution is 2.54. The van der Waals surface area contributed by atoms with Crippen molar-refractivity contribution in [3.8, 4) is 39.4 Å². The predicted molar refractivity (Wildman–Crippen MR) is 319 cm³/mol. The summed E-state index contributed by atoms with van der Waals surface area (Å²) in [5, 5.41) is 7.87. The van der Waals surface area contributed by atoms with Crippen LogP contribution in [0.15, 0.2) is 121 Å². The lowest BCUT2D eigenvalue weighted by molar-refractivity contribution is 0.488. The van der Waals surface area contributed by atoms with E-state index in [1.807, 2.05) is 0 Å². The van der Waals surface area contributed by atoms with Crippen molar-refractivity contribution >= 4 is 101 Å². The Morgan fingerprint density at radius 1 is 0.365 bits per heavy atom. The van der Waals surface area contributed by atoms with Crippen LogP contribution in [0, 0.1) is 0 Å². The highest BCUT2D eigenvalue weighted by molar-refractivity contribution is 6.93. The summed E-state index contributed by atoms with van der Waals surface area (Å²) >= 11 is 0. The third-order valence-corrected chi connectivity index (χ3v) is 18.0. The molecule has 6 heteroatoms. The maximum absolute atomic E-state index is 7.93. The Kier molecular flexibility index (Phi) is 8.24. The molecule has 11 aromatic rings. The van der Waals surface area contributed by atoms with Crippen LogP contribution in [0.3, 0.4) is 0 Å². The van der Waals surface area contributed by atoms with Crippen molar-refractivity contribution in [1.29, 1.82) is 0 Å².